The third-order valence-corrected chi connectivity index (χ3v) is 5.51. The number of ether oxygens (including phenoxy) is 1. The van der Waals surface area contributed by atoms with Gasteiger partial charge in [0.25, 0.3) is 5.91 Å². The SMILES string of the molecule is Cc1cccc(NC(=O)COC(=O)CN2C(=O)[C@H]3[C@H](C2=O)[C@H]2C=C[C@H]3C2)c1. The molecule has 1 saturated heterocycles. The zero-order chi connectivity index (χ0) is 19.1. The van der Waals surface area contributed by atoms with Crippen LogP contribution in [0.2, 0.25) is 0 Å². The normalized spacial score (nSPS) is 27.8. The van der Waals surface area contributed by atoms with Crippen molar-refractivity contribution in [1.82, 2.24) is 4.90 Å². The van der Waals surface area contributed by atoms with Crippen molar-refractivity contribution in [3.05, 3.63) is 42.0 Å². The molecule has 0 aromatic heterocycles. The molecule has 1 aliphatic heterocycles. The van der Waals surface area contributed by atoms with Gasteiger partial charge in [0, 0.05) is 5.69 Å². The van der Waals surface area contributed by atoms with Gasteiger partial charge in [0.15, 0.2) is 6.61 Å². The highest BCUT2D eigenvalue weighted by Gasteiger charge is 2.59. The first-order valence-electron chi connectivity index (χ1n) is 9.00. The number of aryl methyl sites for hydroxylation is 1. The van der Waals surface area contributed by atoms with Gasteiger partial charge in [-0.05, 0) is 42.9 Å². The molecule has 2 fully saturated rings. The molecule has 3 amide bonds. The summed E-state index contributed by atoms with van der Waals surface area (Å²) in [5.41, 5.74) is 1.60. The van der Waals surface area contributed by atoms with E-state index in [-0.39, 0.29) is 35.5 Å². The lowest BCUT2D eigenvalue weighted by molar-refractivity contribution is -0.154. The zero-order valence-corrected chi connectivity index (χ0v) is 14.9. The smallest absolute Gasteiger partial charge is 0.326 e. The Kier molecular flexibility index (Phi) is 4.30. The number of hydrogen-bond acceptors (Lipinski definition) is 5. The highest BCUT2D eigenvalue weighted by atomic mass is 16.5. The molecular formula is C20H20N2O5. The minimum atomic E-state index is -0.767. The lowest BCUT2D eigenvalue weighted by atomic mass is 9.85. The molecule has 3 aliphatic rings. The Hall–Kier alpha value is -2.96. The molecule has 0 spiro atoms. The number of carbonyl (C=O) groups is 4. The zero-order valence-electron chi connectivity index (χ0n) is 14.9. The number of likely N-dealkylation sites (tertiary alicyclic amines) is 1. The van der Waals surface area contributed by atoms with Gasteiger partial charge in [0.2, 0.25) is 11.8 Å². The Labute approximate surface area is 156 Å². The van der Waals surface area contributed by atoms with Crippen LogP contribution in [0, 0.1) is 30.6 Å². The van der Waals surface area contributed by atoms with Gasteiger partial charge in [-0.2, -0.15) is 0 Å². The molecule has 2 aliphatic carbocycles. The summed E-state index contributed by atoms with van der Waals surface area (Å²) in [7, 11) is 0. The molecule has 0 radical (unpaired) electrons. The van der Waals surface area contributed by atoms with Crippen molar-refractivity contribution < 1.29 is 23.9 Å². The third-order valence-electron chi connectivity index (χ3n) is 5.51. The molecule has 2 bridgehead atoms. The Morgan fingerprint density at radius 2 is 1.81 bits per heavy atom. The van der Waals surface area contributed by atoms with Crippen molar-refractivity contribution in [3.63, 3.8) is 0 Å². The Balaban J connectivity index is 1.29. The molecular weight excluding hydrogens is 348 g/mol. The van der Waals surface area contributed by atoms with Crippen molar-refractivity contribution in [3.8, 4) is 0 Å². The lowest BCUT2D eigenvalue weighted by Gasteiger charge is -2.16. The van der Waals surface area contributed by atoms with Crippen molar-refractivity contribution in [2.45, 2.75) is 13.3 Å². The second-order valence-electron chi connectivity index (χ2n) is 7.34. The van der Waals surface area contributed by atoms with E-state index < -0.39 is 25.0 Å². The molecule has 1 heterocycles. The highest BCUT2D eigenvalue weighted by molar-refractivity contribution is 6.08. The topological polar surface area (TPSA) is 92.8 Å². The molecule has 0 unspecified atom stereocenters. The minimum Gasteiger partial charge on any atom is -0.454 e. The Bertz CT molecular complexity index is 832. The van der Waals surface area contributed by atoms with Gasteiger partial charge in [-0.25, -0.2) is 0 Å². The van der Waals surface area contributed by atoms with Gasteiger partial charge >= 0.3 is 5.97 Å². The maximum absolute atomic E-state index is 12.5. The average molecular weight is 368 g/mol. The standard InChI is InChI=1S/C20H20N2O5/c1-11-3-2-4-14(7-11)21-15(23)10-27-16(24)9-22-19(25)17-12-5-6-13(8-12)18(17)20(22)26/h2-7,12-13,17-18H,8-10H2,1H3,(H,21,23)/t12-,13-,17+,18+/m0/s1. The van der Waals surface area contributed by atoms with Crippen LogP contribution in [-0.2, 0) is 23.9 Å². The fraction of sp³-hybridized carbons (Fsp3) is 0.400. The molecule has 4 rings (SSSR count). The van der Waals surface area contributed by atoms with Gasteiger partial charge in [-0.15, -0.1) is 0 Å². The van der Waals surface area contributed by atoms with Crippen LogP contribution >= 0.6 is 0 Å². The Morgan fingerprint density at radius 1 is 1.15 bits per heavy atom. The minimum absolute atomic E-state index is 0.0950. The average Bonchev–Trinajstić information content (AvgIpc) is 3.30. The van der Waals surface area contributed by atoms with Crippen molar-refractivity contribution in [2.24, 2.45) is 23.7 Å². The van der Waals surface area contributed by atoms with Crippen molar-refractivity contribution in [2.75, 3.05) is 18.5 Å². The monoisotopic (exact) mass is 368 g/mol. The van der Waals surface area contributed by atoms with E-state index in [1.54, 1.807) is 18.2 Å². The van der Waals surface area contributed by atoms with Crippen LogP contribution in [0.1, 0.15) is 12.0 Å². The molecule has 1 N–H and O–H groups in total. The van der Waals surface area contributed by atoms with Crippen LogP contribution in [0.5, 0.6) is 0 Å². The molecule has 4 atom stereocenters. The van der Waals surface area contributed by atoms with Gasteiger partial charge in [-0.1, -0.05) is 24.3 Å². The van der Waals surface area contributed by atoms with E-state index in [1.807, 2.05) is 25.1 Å². The Morgan fingerprint density at radius 3 is 2.44 bits per heavy atom. The number of allylic oxidation sites excluding steroid dienone is 2. The number of benzene rings is 1. The summed E-state index contributed by atoms with van der Waals surface area (Å²) in [6, 6.07) is 7.23. The summed E-state index contributed by atoms with van der Waals surface area (Å²) < 4.78 is 4.94. The molecule has 7 nitrogen and oxygen atoms in total. The van der Waals surface area contributed by atoms with Crippen LogP contribution in [0.3, 0.4) is 0 Å². The number of rotatable bonds is 5. The molecule has 1 aromatic rings. The summed E-state index contributed by atoms with van der Waals surface area (Å²) in [5.74, 6) is -2.35. The van der Waals surface area contributed by atoms with Crippen LogP contribution in [0.4, 0.5) is 5.69 Å². The second kappa shape index (κ2) is 6.64. The van der Waals surface area contributed by atoms with E-state index in [0.717, 1.165) is 16.9 Å². The van der Waals surface area contributed by atoms with Crippen LogP contribution < -0.4 is 5.32 Å². The number of hydrogen-bond donors (Lipinski definition) is 1. The number of fused-ring (bicyclic) bond motifs is 5. The summed E-state index contributed by atoms with van der Waals surface area (Å²) in [6.45, 7) is 0.987. The fourth-order valence-corrected chi connectivity index (χ4v) is 4.36. The van der Waals surface area contributed by atoms with Crippen molar-refractivity contribution >= 4 is 29.4 Å². The van der Waals surface area contributed by atoms with Crippen LogP contribution in [0.25, 0.3) is 0 Å². The first-order chi connectivity index (χ1) is 12.9. The van der Waals surface area contributed by atoms with Crippen molar-refractivity contribution in [1.29, 1.82) is 0 Å². The maximum atomic E-state index is 12.5. The number of amides is 3. The quantitative estimate of drug-likeness (QED) is 0.480. The van der Waals surface area contributed by atoms with Gasteiger partial charge < -0.3 is 10.1 Å². The predicted molar refractivity (Wildman–Crippen MR) is 95.2 cm³/mol. The summed E-state index contributed by atoms with van der Waals surface area (Å²) in [6.07, 6.45) is 4.83. The summed E-state index contributed by atoms with van der Waals surface area (Å²) >= 11 is 0. The van der Waals surface area contributed by atoms with E-state index in [0.29, 0.717) is 5.69 Å². The largest absolute Gasteiger partial charge is 0.454 e. The van der Waals surface area contributed by atoms with Crippen LogP contribution in [-0.4, -0.2) is 41.7 Å². The van der Waals surface area contributed by atoms with E-state index in [2.05, 4.69) is 5.32 Å². The number of esters is 1. The summed E-state index contributed by atoms with van der Waals surface area (Å²) in [5, 5.41) is 2.63. The summed E-state index contributed by atoms with van der Waals surface area (Å²) in [4.78, 5) is 50.0. The number of nitrogens with one attached hydrogen (secondary N) is 1. The third kappa shape index (κ3) is 3.13. The van der Waals surface area contributed by atoms with E-state index in [4.69, 9.17) is 4.74 Å². The lowest BCUT2D eigenvalue weighted by Crippen LogP contribution is -2.38. The van der Waals surface area contributed by atoms with E-state index >= 15 is 0 Å². The van der Waals surface area contributed by atoms with Gasteiger partial charge in [0.05, 0.1) is 11.8 Å². The number of nitrogens with zero attached hydrogens (tertiary/aromatic N) is 1. The predicted octanol–water partition coefficient (Wildman–Crippen LogP) is 1.28. The highest BCUT2D eigenvalue weighted by Crippen LogP contribution is 2.52. The maximum Gasteiger partial charge on any atom is 0.326 e. The second-order valence-corrected chi connectivity index (χ2v) is 7.34. The molecule has 7 heteroatoms. The first kappa shape index (κ1) is 17.5. The van der Waals surface area contributed by atoms with E-state index in [9.17, 15) is 19.2 Å². The molecule has 1 aromatic carbocycles. The van der Waals surface area contributed by atoms with Gasteiger partial charge in [-0.3, -0.25) is 24.1 Å². The number of imide groups is 1. The number of carbonyl (C=O) groups excluding carboxylic acids is 4. The van der Waals surface area contributed by atoms with Crippen LogP contribution in [0.15, 0.2) is 36.4 Å². The molecule has 27 heavy (non-hydrogen) atoms. The number of anilines is 1. The first-order valence-corrected chi connectivity index (χ1v) is 9.00. The molecule has 1 saturated carbocycles. The van der Waals surface area contributed by atoms with Gasteiger partial charge in [0.1, 0.15) is 6.54 Å². The fourth-order valence-electron chi connectivity index (χ4n) is 4.36. The van der Waals surface area contributed by atoms with E-state index in [1.165, 1.54) is 0 Å². The molecule has 140 valence electrons.